The predicted molar refractivity (Wildman–Crippen MR) is 116 cm³/mol. The number of aromatic nitrogens is 1. The maximum atomic E-state index is 15.7. The van der Waals surface area contributed by atoms with Gasteiger partial charge in [-0.2, -0.15) is 0 Å². The van der Waals surface area contributed by atoms with E-state index < -0.39 is 34.3 Å². The van der Waals surface area contributed by atoms with E-state index in [-0.39, 0.29) is 34.5 Å². The Labute approximate surface area is 179 Å². The van der Waals surface area contributed by atoms with Gasteiger partial charge in [0.2, 0.25) is 5.43 Å². The summed E-state index contributed by atoms with van der Waals surface area (Å²) in [5, 5.41) is 19.9. The molecule has 2 aromatic rings. The molecule has 1 aromatic carbocycles. The fraction of sp³-hybridized carbons (Fsp3) is 0.545. The molecule has 2 heterocycles. The number of pyridine rings is 1. The Bertz CT molecular complexity index is 1140. The number of nitrogens with two attached hydrogens (primary N) is 1. The SMILES string of the molecule is COc1c(N2CC(C)C(O)C(C)(C)C2)c(F)c(N)c2c(=O)c(C(=O)O)cn(C3CC3)c12. The van der Waals surface area contributed by atoms with Gasteiger partial charge < -0.3 is 30.2 Å². The summed E-state index contributed by atoms with van der Waals surface area (Å²) in [6.07, 6.45) is 2.37. The van der Waals surface area contributed by atoms with E-state index in [1.807, 2.05) is 20.8 Å². The molecule has 1 saturated carbocycles. The lowest BCUT2D eigenvalue weighted by molar-refractivity contribution is -0.00460. The summed E-state index contributed by atoms with van der Waals surface area (Å²) in [7, 11) is 1.40. The number of halogens is 1. The maximum Gasteiger partial charge on any atom is 0.341 e. The molecular weight excluding hydrogens is 405 g/mol. The lowest BCUT2D eigenvalue weighted by Gasteiger charge is -2.46. The van der Waals surface area contributed by atoms with Crippen molar-refractivity contribution in [1.29, 1.82) is 0 Å². The summed E-state index contributed by atoms with van der Waals surface area (Å²) in [6, 6.07) is -0.00801. The molecule has 1 aliphatic carbocycles. The second kappa shape index (κ2) is 7.12. The number of carboxylic acids is 1. The number of carbonyl (C=O) groups is 1. The number of hydrogen-bond donors (Lipinski definition) is 3. The standard InChI is InChI=1S/C22H28FN3O5/c1-10-7-25(9-22(2,3)20(10)28)17-14(23)15(24)13-16(19(17)31-4)26(11-5-6-11)8-12(18(13)27)21(29)30/h8,10-11,20,28H,5-7,9,24H2,1-4H3,(H,29,30). The molecule has 0 amide bonds. The summed E-state index contributed by atoms with van der Waals surface area (Å²) in [4.78, 5) is 26.4. The Morgan fingerprint density at radius 3 is 2.52 bits per heavy atom. The molecule has 0 spiro atoms. The number of rotatable bonds is 4. The van der Waals surface area contributed by atoms with Gasteiger partial charge in [0.05, 0.1) is 29.8 Å². The highest BCUT2D eigenvalue weighted by Crippen LogP contribution is 2.47. The van der Waals surface area contributed by atoms with Crippen LogP contribution in [-0.4, -0.2) is 47.1 Å². The van der Waals surface area contributed by atoms with Gasteiger partial charge in [0.25, 0.3) is 0 Å². The number of aliphatic hydroxyl groups excluding tert-OH is 1. The highest BCUT2D eigenvalue weighted by Gasteiger charge is 2.42. The predicted octanol–water partition coefficient (Wildman–Crippen LogP) is 2.61. The first kappa shape index (κ1) is 21.4. The van der Waals surface area contributed by atoms with Crippen LogP contribution >= 0.6 is 0 Å². The van der Waals surface area contributed by atoms with E-state index in [9.17, 15) is 19.8 Å². The van der Waals surface area contributed by atoms with Crippen LogP contribution in [-0.2, 0) is 0 Å². The smallest absolute Gasteiger partial charge is 0.341 e. The molecule has 1 saturated heterocycles. The first-order valence-electron chi connectivity index (χ1n) is 10.4. The molecule has 1 aliphatic heterocycles. The fourth-order valence-corrected chi connectivity index (χ4v) is 4.87. The zero-order valence-corrected chi connectivity index (χ0v) is 18.1. The van der Waals surface area contributed by atoms with Crippen molar-refractivity contribution in [3.8, 4) is 5.75 Å². The van der Waals surface area contributed by atoms with Gasteiger partial charge in [0, 0.05) is 36.7 Å². The zero-order valence-electron chi connectivity index (χ0n) is 18.1. The second-order valence-electron chi connectivity index (χ2n) is 9.44. The number of methoxy groups -OCH3 is 1. The van der Waals surface area contributed by atoms with Gasteiger partial charge in [0.15, 0.2) is 11.6 Å². The van der Waals surface area contributed by atoms with E-state index in [1.165, 1.54) is 13.3 Å². The van der Waals surface area contributed by atoms with Crippen molar-refractivity contribution in [2.75, 3.05) is 30.8 Å². The van der Waals surface area contributed by atoms with Gasteiger partial charge in [-0.05, 0) is 12.8 Å². The van der Waals surface area contributed by atoms with Crippen LogP contribution in [0.15, 0.2) is 11.0 Å². The molecule has 2 unspecified atom stereocenters. The highest BCUT2D eigenvalue weighted by molar-refractivity contribution is 6.03. The van der Waals surface area contributed by atoms with Crippen molar-refractivity contribution in [2.24, 2.45) is 11.3 Å². The van der Waals surface area contributed by atoms with Gasteiger partial charge >= 0.3 is 5.97 Å². The van der Waals surface area contributed by atoms with Crippen LogP contribution in [0.1, 0.15) is 50.0 Å². The fourth-order valence-electron chi connectivity index (χ4n) is 4.87. The molecule has 2 aliphatic rings. The van der Waals surface area contributed by atoms with Gasteiger partial charge in [-0.1, -0.05) is 20.8 Å². The van der Waals surface area contributed by atoms with Gasteiger partial charge in [-0.15, -0.1) is 0 Å². The lowest BCUT2D eigenvalue weighted by Crippen LogP contribution is -2.53. The monoisotopic (exact) mass is 433 g/mol. The van der Waals surface area contributed by atoms with Crippen LogP contribution in [0.25, 0.3) is 10.9 Å². The molecule has 8 nitrogen and oxygen atoms in total. The summed E-state index contributed by atoms with van der Waals surface area (Å²) < 4.78 is 23.0. The molecule has 4 rings (SSSR count). The number of benzene rings is 1. The first-order valence-corrected chi connectivity index (χ1v) is 10.4. The minimum atomic E-state index is -1.38. The molecule has 31 heavy (non-hydrogen) atoms. The molecule has 9 heteroatoms. The van der Waals surface area contributed by atoms with Crippen LogP contribution in [0.4, 0.5) is 15.8 Å². The van der Waals surface area contributed by atoms with Crippen molar-refractivity contribution >= 4 is 28.2 Å². The number of ether oxygens (including phenoxy) is 1. The number of piperidine rings is 1. The van der Waals surface area contributed by atoms with Gasteiger partial charge in [-0.3, -0.25) is 4.79 Å². The van der Waals surface area contributed by atoms with Crippen molar-refractivity contribution in [3.63, 3.8) is 0 Å². The van der Waals surface area contributed by atoms with E-state index >= 15 is 4.39 Å². The Morgan fingerprint density at radius 1 is 1.35 bits per heavy atom. The van der Waals surface area contributed by atoms with Crippen molar-refractivity contribution in [1.82, 2.24) is 4.57 Å². The first-order chi connectivity index (χ1) is 14.5. The quantitative estimate of drug-likeness (QED) is 0.634. The third-order valence-corrected chi connectivity index (χ3v) is 6.52. The number of aliphatic hydroxyl groups is 1. The van der Waals surface area contributed by atoms with Crippen LogP contribution in [0, 0.1) is 17.2 Å². The molecule has 0 bridgehead atoms. The summed E-state index contributed by atoms with van der Waals surface area (Å²) >= 11 is 0. The number of nitrogens with zero attached hydrogens (tertiary/aromatic N) is 2. The molecular formula is C22H28FN3O5. The topological polar surface area (TPSA) is 118 Å². The number of nitrogen functional groups attached to an aromatic ring is 1. The van der Waals surface area contributed by atoms with E-state index in [2.05, 4.69) is 0 Å². The Balaban J connectivity index is 2.06. The largest absolute Gasteiger partial charge is 0.492 e. The number of hydrogen-bond acceptors (Lipinski definition) is 6. The van der Waals surface area contributed by atoms with Crippen molar-refractivity contribution in [3.05, 3.63) is 27.8 Å². The summed E-state index contributed by atoms with van der Waals surface area (Å²) in [5.41, 5.74) is 4.40. The van der Waals surface area contributed by atoms with E-state index in [0.29, 0.717) is 18.6 Å². The Hall–Kier alpha value is -2.81. The lowest BCUT2D eigenvalue weighted by atomic mass is 9.76. The zero-order chi connectivity index (χ0) is 22.8. The minimum Gasteiger partial charge on any atom is -0.492 e. The molecule has 0 radical (unpaired) electrons. The van der Waals surface area contributed by atoms with E-state index in [1.54, 1.807) is 9.47 Å². The third kappa shape index (κ3) is 3.22. The van der Waals surface area contributed by atoms with Crippen LogP contribution < -0.4 is 20.8 Å². The van der Waals surface area contributed by atoms with Gasteiger partial charge in [0.1, 0.15) is 11.3 Å². The van der Waals surface area contributed by atoms with E-state index in [0.717, 1.165) is 12.8 Å². The Morgan fingerprint density at radius 2 is 2.00 bits per heavy atom. The molecule has 1 aromatic heterocycles. The molecule has 4 N–H and O–H groups in total. The van der Waals surface area contributed by atoms with Crippen molar-refractivity contribution < 1.29 is 24.1 Å². The summed E-state index contributed by atoms with van der Waals surface area (Å²) in [6.45, 7) is 6.46. The number of aromatic carboxylic acids is 1. The maximum absolute atomic E-state index is 15.7. The van der Waals surface area contributed by atoms with E-state index in [4.69, 9.17) is 10.5 Å². The Kier molecular flexibility index (Phi) is 4.92. The number of anilines is 2. The van der Waals surface area contributed by atoms with Gasteiger partial charge in [-0.25, -0.2) is 9.18 Å². The molecule has 2 fully saturated rings. The molecule has 2 atom stereocenters. The third-order valence-electron chi connectivity index (χ3n) is 6.52. The molecule has 168 valence electrons. The minimum absolute atomic E-state index is 0.00801. The average molecular weight is 433 g/mol. The number of carboxylic acid groups (broad SMARTS) is 1. The van der Waals surface area contributed by atoms with Crippen LogP contribution in [0.2, 0.25) is 0 Å². The summed E-state index contributed by atoms with van der Waals surface area (Å²) in [5.74, 6) is -2.18. The number of fused-ring (bicyclic) bond motifs is 1. The average Bonchev–Trinajstić information content (AvgIpc) is 3.52. The normalized spacial score (nSPS) is 23.2. The second-order valence-corrected chi connectivity index (χ2v) is 9.44. The van der Waals surface area contributed by atoms with Crippen LogP contribution in [0.3, 0.4) is 0 Å². The van der Waals surface area contributed by atoms with Crippen LogP contribution in [0.5, 0.6) is 5.75 Å². The highest BCUT2D eigenvalue weighted by atomic mass is 19.1. The van der Waals surface area contributed by atoms with Crippen molar-refractivity contribution in [2.45, 2.75) is 45.8 Å².